The number of nitrogens with zero attached hydrogens (tertiary/aromatic N) is 2. The van der Waals surface area contributed by atoms with Crippen molar-refractivity contribution in [1.29, 1.82) is 0 Å². The SMILES string of the molecule is CCC(C)n1c(=O)c2cc3c(=O)n(-c4c(C)cc(Cc5cc(C)c(C(C)(C)CC)c(C(O)(C(F)(F)F)C(F)(F)F)c5)cc4C(O)(C(F)(F)F)C(F)(F)F)c(=O)c3cc2c1=O. The van der Waals surface area contributed by atoms with Crippen LogP contribution in [0, 0.1) is 13.8 Å². The van der Waals surface area contributed by atoms with Gasteiger partial charge in [0, 0.05) is 17.2 Å². The molecule has 326 valence electrons. The summed E-state index contributed by atoms with van der Waals surface area (Å²) in [5, 5.41) is 19.2. The van der Waals surface area contributed by atoms with Crippen molar-refractivity contribution < 1.29 is 62.9 Å². The highest BCUT2D eigenvalue weighted by atomic mass is 19.4. The molecule has 0 amide bonds. The predicted molar refractivity (Wildman–Crippen MR) is 195 cm³/mol. The molecule has 2 aromatic heterocycles. The van der Waals surface area contributed by atoms with Crippen molar-refractivity contribution in [3.63, 3.8) is 0 Å². The van der Waals surface area contributed by atoms with E-state index in [1.54, 1.807) is 6.92 Å². The first-order valence-corrected chi connectivity index (χ1v) is 18.1. The summed E-state index contributed by atoms with van der Waals surface area (Å²) in [4.78, 5) is 54.1. The summed E-state index contributed by atoms with van der Waals surface area (Å²) in [7, 11) is 0. The number of fused-ring (bicyclic) bond motifs is 2. The summed E-state index contributed by atoms with van der Waals surface area (Å²) in [5.74, 6) is 0. The molecule has 0 fully saturated rings. The van der Waals surface area contributed by atoms with Crippen LogP contribution in [0.2, 0.25) is 0 Å². The van der Waals surface area contributed by atoms with Crippen LogP contribution < -0.4 is 22.2 Å². The van der Waals surface area contributed by atoms with Crippen LogP contribution in [0.5, 0.6) is 0 Å². The van der Waals surface area contributed by atoms with Crippen LogP contribution in [-0.4, -0.2) is 44.1 Å². The van der Waals surface area contributed by atoms with Crippen LogP contribution in [0.15, 0.2) is 55.6 Å². The Morgan fingerprint density at radius 3 is 1.32 bits per heavy atom. The van der Waals surface area contributed by atoms with Crippen molar-refractivity contribution in [2.45, 2.75) is 115 Å². The van der Waals surface area contributed by atoms with Crippen LogP contribution in [0.3, 0.4) is 0 Å². The van der Waals surface area contributed by atoms with Crippen molar-refractivity contribution in [3.05, 3.63) is 117 Å². The maximum absolute atomic E-state index is 14.6. The average Bonchev–Trinajstić information content (AvgIpc) is 3.50. The molecule has 0 saturated heterocycles. The smallest absolute Gasteiger partial charge is 0.369 e. The van der Waals surface area contributed by atoms with E-state index in [-0.39, 0.29) is 39.5 Å². The predicted octanol–water partition coefficient (Wildman–Crippen LogP) is 8.39. The van der Waals surface area contributed by atoms with Gasteiger partial charge < -0.3 is 10.2 Å². The molecule has 20 heteroatoms. The fourth-order valence-corrected chi connectivity index (χ4v) is 7.80. The fourth-order valence-electron chi connectivity index (χ4n) is 7.80. The van der Waals surface area contributed by atoms with Crippen LogP contribution in [0.4, 0.5) is 52.7 Å². The van der Waals surface area contributed by atoms with Crippen molar-refractivity contribution >= 4 is 21.5 Å². The minimum absolute atomic E-state index is 0.0581. The molecule has 0 saturated carbocycles. The standard InChI is InChI=1S/C40H36F12N2O6/c1-8-19(5)53-30(55)22-15-24-25(16-23(22)31(53)56)33(58)54(32(24)57)29-18(4)11-21(14-27(29)36(60,39(47,48)49)40(50,51)52)12-20-10-17(3)28(34(6,7)9-2)26(13-20)35(59,37(41,42)43)38(44,45)46/h10-11,13-16,19,59-60H,8-9,12H2,1-7H3. The van der Waals surface area contributed by atoms with Gasteiger partial charge in [-0.2, -0.15) is 52.7 Å². The number of halogens is 12. The molecule has 1 unspecified atom stereocenters. The first-order chi connectivity index (χ1) is 27.1. The Bertz CT molecular complexity index is 2640. The Hall–Kier alpha value is -4.98. The highest BCUT2D eigenvalue weighted by molar-refractivity contribution is 5.98. The van der Waals surface area contributed by atoms with Crippen LogP contribution in [0.25, 0.3) is 27.2 Å². The van der Waals surface area contributed by atoms with E-state index in [9.17, 15) is 82.1 Å². The van der Waals surface area contributed by atoms with Gasteiger partial charge in [0.15, 0.2) is 0 Å². The van der Waals surface area contributed by atoms with Gasteiger partial charge in [-0.25, -0.2) is 4.57 Å². The third-order valence-corrected chi connectivity index (χ3v) is 11.3. The van der Waals surface area contributed by atoms with Gasteiger partial charge in [0.1, 0.15) is 0 Å². The maximum atomic E-state index is 14.6. The molecule has 8 nitrogen and oxygen atoms in total. The molecule has 0 aliphatic heterocycles. The fraction of sp³-hybridized carbons (Fsp3) is 0.450. The first kappa shape index (κ1) is 46.1. The monoisotopic (exact) mass is 868 g/mol. The van der Waals surface area contributed by atoms with Gasteiger partial charge in [-0.05, 0) is 91.5 Å². The molecule has 2 N–H and O–H groups in total. The number of benzene rings is 3. The maximum Gasteiger partial charge on any atom is 0.430 e. The lowest BCUT2D eigenvalue weighted by Gasteiger charge is -2.38. The van der Waals surface area contributed by atoms with Gasteiger partial charge in [0.05, 0.1) is 27.2 Å². The summed E-state index contributed by atoms with van der Waals surface area (Å²) < 4.78 is 175. The van der Waals surface area contributed by atoms with Crippen LogP contribution >= 0.6 is 0 Å². The first-order valence-electron chi connectivity index (χ1n) is 18.1. The molecule has 5 rings (SSSR count). The van der Waals surface area contributed by atoms with Gasteiger partial charge in [-0.1, -0.05) is 45.9 Å². The second-order valence-corrected chi connectivity index (χ2v) is 15.6. The van der Waals surface area contributed by atoms with Crippen LogP contribution in [0.1, 0.15) is 92.4 Å². The van der Waals surface area contributed by atoms with E-state index in [0.29, 0.717) is 6.42 Å². The number of aryl methyl sites for hydroxylation is 2. The number of hydrogen-bond donors (Lipinski definition) is 2. The van der Waals surface area contributed by atoms with Gasteiger partial charge in [0.2, 0.25) is 0 Å². The summed E-state index contributed by atoms with van der Waals surface area (Å²) in [6.45, 7) is 9.12. The average molecular weight is 869 g/mol. The third kappa shape index (κ3) is 6.73. The van der Waals surface area contributed by atoms with Crippen molar-refractivity contribution in [1.82, 2.24) is 9.13 Å². The van der Waals surface area contributed by atoms with E-state index in [2.05, 4.69) is 0 Å². The Balaban J connectivity index is 1.88. The summed E-state index contributed by atoms with van der Waals surface area (Å²) in [6, 6.07) is 3.11. The molecule has 2 heterocycles. The zero-order valence-electron chi connectivity index (χ0n) is 32.6. The third-order valence-electron chi connectivity index (χ3n) is 11.3. The van der Waals surface area contributed by atoms with Crippen molar-refractivity contribution in [2.24, 2.45) is 0 Å². The molecule has 0 spiro atoms. The van der Waals surface area contributed by atoms with Gasteiger partial charge in [0.25, 0.3) is 33.4 Å². The number of hydrogen-bond acceptors (Lipinski definition) is 6. The molecule has 0 radical (unpaired) electrons. The Labute approximate surface area is 331 Å². The minimum Gasteiger partial charge on any atom is -0.369 e. The van der Waals surface area contributed by atoms with E-state index >= 15 is 0 Å². The molecule has 1 atom stereocenters. The number of aromatic nitrogens is 2. The summed E-state index contributed by atoms with van der Waals surface area (Å²) >= 11 is 0. The summed E-state index contributed by atoms with van der Waals surface area (Å²) in [5.41, 5.74) is -25.9. The molecule has 0 bridgehead atoms. The lowest BCUT2D eigenvalue weighted by molar-refractivity contribution is -0.377. The van der Waals surface area contributed by atoms with Gasteiger partial charge >= 0.3 is 24.7 Å². The van der Waals surface area contributed by atoms with E-state index in [0.717, 1.165) is 42.7 Å². The molecule has 3 aromatic carbocycles. The quantitative estimate of drug-likeness (QED) is 0.144. The Morgan fingerprint density at radius 1 is 0.567 bits per heavy atom. The normalized spacial score (nSPS) is 14.5. The molecule has 0 aliphatic rings. The van der Waals surface area contributed by atoms with E-state index in [1.807, 2.05) is 0 Å². The second-order valence-electron chi connectivity index (χ2n) is 15.6. The molecule has 0 aliphatic carbocycles. The molecular weight excluding hydrogens is 832 g/mol. The zero-order chi connectivity index (χ0) is 45.8. The van der Waals surface area contributed by atoms with E-state index in [1.165, 1.54) is 27.7 Å². The number of aliphatic hydroxyl groups is 2. The lowest BCUT2D eigenvalue weighted by Crippen LogP contribution is -2.55. The van der Waals surface area contributed by atoms with E-state index < -0.39 is 126 Å². The lowest BCUT2D eigenvalue weighted by atomic mass is 9.72. The summed E-state index contributed by atoms with van der Waals surface area (Å²) in [6.07, 6.45) is -26.9. The van der Waals surface area contributed by atoms with Crippen LogP contribution in [-0.2, 0) is 23.0 Å². The highest BCUT2D eigenvalue weighted by Crippen LogP contribution is 2.54. The number of alkyl halides is 12. The Kier molecular flexibility index (Phi) is 11.0. The topological polar surface area (TPSA) is 119 Å². The largest absolute Gasteiger partial charge is 0.430 e. The molecular formula is C40H36F12N2O6. The van der Waals surface area contributed by atoms with Crippen molar-refractivity contribution in [3.8, 4) is 5.69 Å². The zero-order valence-corrected chi connectivity index (χ0v) is 32.6. The molecule has 60 heavy (non-hydrogen) atoms. The second kappa shape index (κ2) is 14.3. The highest BCUT2D eigenvalue weighted by Gasteiger charge is 2.73. The molecule has 5 aromatic rings. The van der Waals surface area contributed by atoms with E-state index in [4.69, 9.17) is 0 Å². The Morgan fingerprint density at radius 2 is 0.933 bits per heavy atom. The minimum atomic E-state index is -6.66. The van der Waals surface area contributed by atoms with Crippen molar-refractivity contribution in [2.75, 3.05) is 0 Å². The number of rotatable bonds is 9. The van der Waals surface area contributed by atoms with Gasteiger partial charge in [-0.15, -0.1) is 0 Å². The van der Waals surface area contributed by atoms with Gasteiger partial charge in [-0.3, -0.25) is 23.7 Å².